The second-order valence-electron chi connectivity index (χ2n) is 6.17. The van der Waals surface area contributed by atoms with Crippen LogP contribution in [-0.4, -0.2) is 57.5 Å². The maximum absolute atomic E-state index is 12.7. The number of fused-ring (bicyclic) bond motifs is 1. The molecule has 1 aliphatic heterocycles. The molecule has 0 radical (unpaired) electrons. The number of hydrogen-bond acceptors (Lipinski definition) is 3. The van der Waals surface area contributed by atoms with Crippen LogP contribution >= 0.6 is 0 Å². The predicted octanol–water partition coefficient (Wildman–Crippen LogP) is 1.32. The Hall–Kier alpha value is -2.37. The average molecular weight is 298 g/mol. The van der Waals surface area contributed by atoms with Gasteiger partial charge >= 0.3 is 0 Å². The van der Waals surface area contributed by atoms with E-state index in [0.29, 0.717) is 24.8 Å². The van der Waals surface area contributed by atoms with Crippen LogP contribution in [0.3, 0.4) is 0 Å². The minimum atomic E-state index is -0.166. The van der Waals surface area contributed by atoms with Crippen LogP contribution in [0.4, 0.5) is 0 Å². The maximum Gasteiger partial charge on any atom is 0.275 e. The molecule has 2 heterocycles. The van der Waals surface area contributed by atoms with Crippen molar-refractivity contribution in [2.75, 3.05) is 19.6 Å². The van der Waals surface area contributed by atoms with Crippen LogP contribution in [0.15, 0.2) is 18.2 Å². The summed E-state index contributed by atoms with van der Waals surface area (Å²) in [6.07, 6.45) is 2.20. The number of hydrogen-bond donors (Lipinski definition) is 1. The Morgan fingerprint density at radius 3 is 2.86 bits per heavy atom. The smallest absolute Gasteiger partial charge is 0.275 e. The summed E-state index contributed by atoms with van der Waals surface area (Å²) >= 11 is 0. The van der Waals surface area contributed by atoms with Crippen LogP contribution in [0.1, 0.15) is 28.9 Å². The third-order valence-corrected chi connectivity index (χ3v) is 4.45. The summed E-state index contributed by atoms with van der Waals surface area (Å²) in [5.74, 6) is -0.112. The third-order valence-electron chi connectivity index (χ3n) is 4.45. The monoisotopic (exact) mass is 298 g/mol. The number of carbonyl (C=O) groups is 2. The largest absolute Gasteiger partial charge is 0.336 e. The van der Waals surface area contributed by atoms with E-state index in [2.05, 4.69) is 10.2 Å². The van der Waals surface area contributed by atoms with Crippen molar-refractivity contribution in [1.29, 1.82) is 0 Å². The molecule has 2 aliphatic rings. The van der Waals surface area contributed by atoms with Gasteiger partial charge in [-0.3, -0.25) is 14.7 Å². The third kappa shape index (κ3) is 2.15. The van der Waals surface area contributed by atoms with Gasteiger partial charge in [0.2, 0.25) is 5.91 Å². The van der Waals surface area contributed by atoms with Gasteiger partial charge in [-0.2, -0.15) is 5.10 Å². The highest BCUT2D eigenvalue weighted by atomic mass is 16.2. The molecule has 0 atom stereocenters. The van der Waals surface area contributed by atoms with E-state index < -0.39 is 0 Å². The van der Waals surface area contributed by atoms with Gasteiger partial charge < -0.3 is 9.80 Å². The fraction of sp³-hybridized carbons (Fsp3) is 0.438. The first kappa shape index (κ1) is 13.3. The SMILES string of the molecule is Cc1ccc2[nH]nc(C(=O)N3CCN(C4CC4)C(=O)C3)c2c1. The molecule has 0 bridgehead atoms. The number of H-pyrrole nitrogens is 1. The van der Waals surface area contributed by atoms with Crippen LogP contribution in [0.25, 0.3) is 10.9 Å². The summed E-state index contributed by atoms with van der Waals surface area (Å²) in [6, 6.07) is 6.27. The Labute approximate surface area is 128 Å². The lowest BCUT2D eigenvalue weighted by Crippen LogP contribution is -2.53. The van der Waals surface area contributed by atoms with Crippen molar-refractivity contribution in [3.63, 3.8) is 0 Å². The first-order chi connectivity index (χ1) is 10.6. The van der Waals surface area contributed by atoms with Gasteiger partial charge in [0.05, 0.1) is 5.52 Å². The lowest BCUT2D eigenvalue weighted by molar-refractivity contribution is -0.135. The van der Waals surface area contributed by atoms with Crippen LogP contribution < -0.4 is 0 Å². The van der Waals surface area contributed by atoms with Crippen LogP contribution in [0.5, 0.6) is 0 Å². The molecule has 0 spiro atoms. The second kappa shape index (κ2) is 4.83. The van der Waals surface area contributed by atoms with E-state index in [9.17, 15) is 9.59 Å². The molecule has 114 valence electrons. The molecule has 1 aromatic heterocycles. The molecule has 1 aliphatic carbocycles. The van der Waals surface area contributed by atoms with E-state index in [1.165, 1.54) is 0 Å². The number of aromatic nitrogens is 2. The van der Waals surface area contributed by atoms with E-state index >= 15 is 0 Å². The highest BCUT2D eigenvalue weighted by Crippen LogP contribution is 2.28. The van der Waals surface area contributed by atoms with Crippen molar-refractivity contribution in [2.45, 2.75) is 25.8 Å². The van der Waals surface area contributed by atoms with E-state index in [-0.39, 0.29) is 18.4 Å². The number of benzene rings is 1. The maximum atomic E-state index is 12.7. The summed E-state index contributed by atoms with van der Waals surface area (Å²) < 4.78 is 0. The van der Waals surface area contributed by atoms with E-state index in [0.717, 1.165) is 29.3 Å². The van der Waals surface area contributed by atoms with Gasteiger partial charge in [0.1, 0.15) is 6.54 Å². The zero-order chi connectivity index (χ0) is 15.3. The Bertz CT molecular complexity index is 763. The fourth-order valence-electron chi connectivity index (χ4n) is 3.07. The number of piperazine rings is 1. The zero-order valence-corrected chi connectivity index (χ0v) is 12.5. The number of carbonyl (C=O) groups excluding carboxylic acids is 2. The summed E-state index contributed by atoms with van der Waals surface area (Å²) in [5, 5.41) is 7.87. The van der Waals surface area contributed by atoms with Gasteiger partial charge in [0, 0.05) is 24.5 Å². The Morgan fingerprint density at radius 1 is 1.32 bits per heavy atom. The predicted molar refractivity (Wildman–Crippen MR) is 81.5 cm³/mol. The molecular formula is C16H18N4O2. The standard InChI is InChI=1S/C16H18N4O2/c1-10-2-5-13-12(8-10)15(18-17-13)16(22)19-6-7-20(11-3-4-11)14(21)9-19/h2,5,8,11H,3-4,6-7,9H2,1H3,(H,17,18). The summed E-state index contributed by atoms with van der Waals surface area (Å²) in [4.78, 5) is 28.4. The van der Waals surface area contributed by atoms with Crippen molar-refractivity contribution in [3.05, 3.63) is 29.5 Å². The molecular weight excluding hydrogens is 280 g/mol. The quantitative estimate of drug-likeness (QED) is 0.909. The van der Waals surface area contributed by atoms with Crippen molar-refractivity contribution in [2.24, 2.45) is 0 Å². The molecule has 22 heavy (non-hydrogen) atoms. The van der Waals surface area contributed by atoms with Crippen molar-refractivity contribution >= 4 is 22.7 Å². The van der Waals surface area contributed by atoms with E-state index in [1.54, 1.807) is 4.90 Å². The molecule has 6 heteroatoms. The van der Waals surface area contributed by atoms with Gasteiger partial charge in [-0.25, -0.2) is 0 Å². The Kier molecular flexibility index (Phi) is 2.92. The minimum Gasteiger partial charge on any atom is -0.336 e. The number of amides is 2. The molecule has 2 aromatic rings. The fourth-order valence-corrected chi connectivity index (χ4v) is 3.07. The highest BCUT2D eigenvalue weighted by molar-refractivity contribution is 6.06. The summed E-state index contributed by atoms with van der Waals surface area (Å²) in [5.41, 5.74) is 2.33. The van der Waals surface area contributed by atoms with Crippen molar-refractivity contribution < 1.29 is 9.59 Å². The van der Waals surface area contributed by atoms with Crippen LogP contribution in [0, 0.1) is 6.92 Å². The number of aromatic amines is 1. The normalized spacial score (nSPS) is 19.0. The van der Waals surface area contributed by atoms with Gasteiger partial charge in [-0.05, 0) is 31.9 Å². The molecule has 1 saturated heterocycles. The van der Waals surface area contributed by atoms with Crippen LogP contribution in [-0.2, 0) is 4.79 Å². The topological polar surface area (TPSA) is 69.3 Å². The molecule has 1 aromatic carbocycles. The molecule has 6 nitrogen and oxygen atoms in total. The van der Waals surface area contributed by atoms with E-state index in [4.69, 9.17) is 0 Å². The number of aryl methyl sites for hydroxylation is 1. The number of nitrogens with zero attached hydrogens (tertiary/aromatic N) is 3. The summed E-state index contributed by atoms with van der Waals surface area (Å²) in [6.45, 7) is 3.37. The summed E-state index contributed by atoms with van der Waals surface area (Å²) in [7, 11) is 0. The molecule has 1 saturated carbocycles. The molecule has 0 unspecified atom stereocenters. The molecule has 2 amide bonds. The van der Waals surface area contributed by atoms with Gasteiger partial charge in [0.25, 0.3) is 5.91 Å². The van der Waals surface area contributed by atoms with Gasteiger partial charge in [-0.1, -0.05) is 11.6 Å². The number of rotatable bonds is 2. The molecule has 1 N–H and O–H groups in total. The lowest BCUT2D eigenvalue weighted by Gasteiger charge is -2.34. The first-order valence-electron chi connectivity index (χ1n) is 7.67. The highest BCUT2D eigenvalue weighted by Gasteiger charge is 2.37. The Morgan fingerprint density at radius 2 is 2.14 bits per heavy atom. The molecule has 2 fully saturated rings. The van der Waals surface area contributed by atoms with Gasteiger partial charge in [0.15, 0.2) is 5.69 Å². The lowest BCUT2D eigenvalue weighted by atomic mass is 10.1. The molecule has 4 rings (SSSR count). The van der Waals surface area contributed by atoms with Crippen molar-refractivity contribution in [1.82, 2.24) is 20.0 Å². The van der Waals surface area contributed by atoms with Gasteiger partial charge in [-0.15, -0.1) is 0 Å². The number of nitrogens with one attached hydrogen (secondary N) is 1. The second-order valence-corrected chi connectivity index (χ2v) is 6.17. The van der Waals surface area contributed by atoms with Crippen LogP contribution in [0.2, 0.25) is 0 Å². The first-order valence-corrected chi connectivity index (χ1v) is 7.67. The average Bonchev–Trinajstić information content (AvgIpc) is 3.26. The minimum absolute atomic E-state index is 0.0538. The van der Waals surface area contributed by atoms with Crippen molar-refractivity contribution in [3.8, 4) is 0 Å². The zero-order valence-electron chi connectivity index (χ0n) is 12.5. The van der Waals surface area contributed by atoms with E-state index in [1.807, 2.05) is 30.0 Å². The Balaban J connectivity index is 1.58.